The van der Waals surface area contributed by atoms with Crippen LogP contribution in [0.2, 0.25) is 0 Å². The molecule has 0 radical (unpaired) electrons. The third-order valence-corrected chi connectivity index (χ3v) is 0.968. The van der Waals surface area contributed by atoms with E-state index in [1.165, 1.54) is 0 Å². The van der Waals surface area contributed by atoms with Gasteiger partial charge in [0.1, 0.15) is 0 Å². The maximum Gasteiger partial charge on any atom is 0.172 e. The van der Waals surface area contributed by atoms with Crippen LogP contribution in [0.5, 0.6) is 0 Å². The largest absolute Gasteiger partial charge is 0.395 e. The van der Waals surface area contributed by atoms with Gasteiger partial charge in [0.05, 0.1) is 13.2 Å². The Balaban J connectivity index is 4.72. The Kier molecular flexibility index (Phi) is 3.79. The summed E-state index contributed by atoms with van der Waals surface area (Å²) < 4.78 is 0. The summed E-state index contributed by atoms with van der Waals surface area (Å²) in [7, 11) is 0. The van der Waals surface area contributed by atoms with Crippen molar-refractivity contribution in [3.8, 4) is 0 Å². The molecule has 0 unspecified atom stereocenters. The molecule has 0 aliphatic rings. The van der Waals surface area contributed by atoms with Gasteiger partial charge in [-0.25, -0.2) is 0 Å². The minimum Gasteiger partial charge on any atom is -0.395 e. The fraction of sp³-hybridized carbons (Fsp3) is 1.00. The molecule has 8 nitrogen and oxygen atoms in total. The summed E-state index contributed by atoms with van der Waals surface area (Å²) in [6.07, 6.45) is 0. The van der Waals surface area contributed by atoms with Crippen LogP contribution < -0.4 is 0 Å². The number of rotatable bonds is 4. The molecule has 0 atom stereocenters. The topological polar surface area (TPSA) is 138 Å². The van der Waals surface area contributed by atoms with Gasteiger partial charge in [-0.1, -0.05) is 10.2 Å². The molecule has 0 spiro atoms. The predicted octanol–water partition coefficient (Wildman–Crippen LogP) is 0.288. The number of aliphatic hydroxyl groups is 2. The van der Waals surface area contributed by atoms with Crippen molar-refractivity contribution < 1.29 is 10.2 Å². The lowest BCUT2D eigenvalue weighted by Crippen LogP contribution is -2.31. The Morgan fingerprint density at radius 3 is 1.64 bits per heavy atom. The van der Waals surface area contributed by atoms with Gasteiger partial charge in [-0.3, -0.25) is 0 Å². The number of azide groups is 1. The molecule has 0 aromatic carbocycles. The molecule has 0 bridgehead atoms. The zero-order valence-corrected chi connectivity index (χ0v) is 5.49. The standard InChI is InChI=1S/C3H6N6O2/c4-8-6-3(1-10,2-11)7-9-5/h10-11H,1-2H2. The van der Waals surface area contributed by atoms with Crippen molar-refractivity contribution in [3.05, 3.63) is 20.9 Å². The zero-order valence-electron chi connectivity index (χ0n) is 5.49. The lowest BCUT2D eigenvalue weighted by Gasteiger charge is -2.15. The Bertz CT molecular complexity index is 190. The minimum atomic E-state index is -1.79. The van der Waals surface area contributed by atoms with Gasteiger partial charge in [0, 0.05) is 9.82 Å². The van der Waals surface area contributed by atoms with Crippen molar-refractivity contribution in [2.45, 2.75) is 5.66 Å². The van der Waals surface area contributed by atoms with E-state index in [0.717, 1.165) is 0 Å². The van der Waals surface area contributed by atoms with E-state index in [2.05, 4.69) is 20.1 Å². The molecule has 60 valence electrons. The predicted molar refractivity (Wildman–Crippen MR) is 35.2 cm³/mol. The molecule has 0 amide bonds. The van der Waals surface area contributed by atoms with E-state index in [0.29, 0.717) is 0 Å². The van der Waals surface area contributed by atoms with Crippen molar-refractivity contribution in [3.63, 3.8) is 0 Å². The summed E-state index contributed by atoms with van der Waals surface area (Å²) >= 11 is 0. The quantitative estimate of drug-likeness (QED) is 0.345. The maximum absolute atomic E-state index is 8.55. The second kappa shape index (κ2) is 4.37. The molecule has 0 rings (SSSR count). The monoisotopic (exact) mass is 158 g/mol. The number of hydrogen-bond donors (Lipinski definition) is 2. The molecule has 0 saturated heterocycles. The van der Waals surface area contributed by atoms with Gasteiger partial charge in [-0.05, 0) is 11.1 Å². The van der Waals surface area contributed by atoms with E-state index in [4.69, 9.17) is 21.3 Å². The summed E-state index contributed by atoms with van der Waals surface area (Å²) in [5.74, 6) is 0. The van der Waals surface area contributed by atoms with E-state index in [1.807, 2.05) is 0 Å². The maximum atomic E-state index is 8.55. The average molecular weight is 158 g/mol. The van der Waals surface area contributed by atoms with Crippen LogP contribution in [0.25, 0.3) is 20.9 Å². The van der Waals surface area contributed by atoms with Crippen LogP contribution in [0, 0.1) is 0 Å². The SMILES string of the molecule is [N-]=[N+]=NC(CO)(CO)N=[N+]=[N-]. The Hall–Kier alpha value is -1.46. The van der Waals surface area contributed by atoms with Gasteiger partial charge in [0.25, 0.3) is 0 Å². The van der Waals surface area contributed by atoms with Crippen molar-refractivity contribution in [2.75, 3.05) is 13.2 Å². The summed E-state index contributed by atoms with van der Waals surface area (Å²) in [6, 6.07) is 0. The lowest BCUT2D eigenvalue weighted by molar-refractivity contribution is 0.126. The van der Waals surface area contributed by atoms with Crippen molar-refractivity contribution >= 4 is 0 Å². The van der Waals surface area contributed by atoms with Crippen LogP contribution >= 0.6 is 0 Å². The van der Waals surface area contributed by atoms with Crippen LogP contribution in [0.3, 0.4) is 0 Å². The first-order valence-corrected chi connectivity index (χ1v) is 2.59. The van der Waals surface area contributed by atoms with Crippen molar-refractivity contribution in [2.24, 2.45) is 10.2 Å². The van der Waals surface area contributed by atoms with Gasteiger partial charge in [-0.15, -0.1) is 0 Å². The molecule has 8 heteroatoms. The molecular formula is C3H6N6O2. The lowest BCUT2D eigenvalue weighted by atomic mass is 10.2. The highest BCUT2D eigenvalue weighted by Gasteiger charge is 2.25. The van der Waals surface area contributed by atoms with Crippen molar-refractivity contribution in [1.82, 2.24) is 0 Å². The van der Waals surface area contributed by atoms with Gasteiger partial charge in [-0.2, -0.15) is 0 Å². The van der Waals surface area contributed by atoms with E-state index >= 15 is 0 Å². The third kappa shape index (κ3) is 2.32. The van der Waals surface area contributed by atoms with E-state index in [1.54, 1.807) is 0 Å². The Morgan fingerprint density at radius 1 is 1.09 bits per heavy atom. The van der Waals surface area contributed by atoms with Crippen LogP contribution in [0.15, 0.2) is 10.2 Å². The molecule has 0 fully saturated rings. The highest BCUT2D eigenvalue weighted by Crippen LogP contribution is 2.11. The number of hydrogen-bond acceptors (Lipinski definition) is 4. The number of aliphatic hydroxyl groups excluding tert-OH is 2. The summed E-state index contributed by atoms with van der Waals surface area (Å²) in [6.45, 7) is -1.45. The molecule has 2 N–H and O–H groups in total. The minimum absolute atomic E-state index is 0.725. The molecule has 0 aromatic heterocycles. The zero-order chi connectivity index (χ0) is 8.74. The first kappa shape index (κ1) is 9.54. The van der Waals surface area contributed by atoms with E-state index in [9.17, 15) is 0 Å². The molecule has 0 aromatic rings. The number of nitrogens with zero attached hydrogens (tertiary/aromatic N) is 6. The van der Waals surface area contributed by atoms with Gasteiger partial charge in [0.15, 0.2) is 5.66 Å². The van der Waals surface area contributed by atoms with E-state index < -0.39 is 18.9 Å². The summed E-state index contributed by atoms with van der Waals surface area (Å²) in [5, 5.41) is 23.0. The van der Waals surface area contributed by atoms with Crippen LogP contribution in [-0.2, 0) is 0 Å². The Morgan fingerprint density at radius 2 is 1.45 bits per heavy atom. The fourth-order valence-corrected chi connectivity index (χ4v) is 0.363. The van der Waals surface area contributed by atoms with Crippen LogP contribution in [0.1, 0.15) is 0 Å². The molecule has 0 heterocycles. The van der Waals surface area contributed by atoms with E-state index in [-0.39, 0.29) is 0 Å². The molecule has 0 aliphatic heterocycles. The average Bonchev–Trinajstić information content (AvgIpc) is 2.04. The molecule has 11 heavy (non-hydrogen) atoms. The molecular weight excluding hydrogens is 152 g/mol. The Labute approximate surface area is 61.3 Å². The highest BCUT2D eigenvalue weighted by atomic mass is 16.3. The highest BCUT2D eigenvalue weighted by molar-refractivity contribution is 4.84. The summed E-state index contributed by atoms with van der Waals surface area (Å²) in [5.41, 5.74) is 14.1. The fourth-order valence-electron chi connectivity index (χ4n) is 0.363. The van der Waals surface area contributed by atoms with Gasteiger partial charge >= 0.3 is 0 Å². The van der Waals surface area contributed by atoms with Crippen LogP contribution in [0.4, 0.5) is 0 Å². The van der Waals surface area contributed by atoms with Gasteiger partial charge in [0.2, 0.25) is 0 Å². The normalized spacial score (nSPS) is 9.64. The second-order valence-electron chi connectivity index (χ2n) is 1.68. The van der Waals surface area contributed by atoms with Gasteiger partial charge < -0.3 is 10.2 Å². The molecule has 0 saturated carbocycles. The van der Waals surface area contributed by atoms with Crippen molar-refractivity contribution in [1.29, 1.82) is 0 Å². The first-order valence-electron chi connectivity index (χ1n) is 2.59. The third-order valence-electron chi connectivity index (χ3n) is 0.968. The molecule has 0 aliphatic carbocycles. The summed E-state index contributed by atoms with van der Waals surface area (Å²) in [4.78, 5) is 4.62. The second-order valence-corrected chi connectivity index (χ2v) is 1.68. The smallest absolute Gasteiger partial charge is 0.172 e. The first-order chi connectivity index (χ1) is 5.24. The van der Waals surface area contributed by atoms with Crippen LogP contribution in [-0.4, -0.2) is 29.1 Å².